The highest BCUT2D eigenvalue weighted by molar-refractivity contribution is 7.90. The lowest BCUT2D eigenvalue weighted by molar-refractivity contribution is -0.129. The standard InChI is InChI=1S/C22H31ClN4O5S/c1-18(28)26(8-7-25-9-13-32-14-10-25)16-20-15-24-22(27(20)11-12-31-2)33(29,30)17-19-5-3-4-6-21(19)23/h3-6,15H,7-14,16-17H2,1-2H3. The van der Waals surface area contributed by atoms with E-state index < -0.39 is 9.84 Å². The number of morpholine rings is 1. The van der Waals surface area contributed by atoms with Crippen LogP contribution in [0.15, 0.2) is 35.6 Å². The van der Waals surface area contributed by atoms with Gasteiger partial charge < -0.3 is 18.9 Å². The highest BCUT2D eigenvalue weighted by Gasteiger charge is 2.26. The molecule has 3 rings (SSSR count). The van der Waals surface area contributed by atoms with Crippen molar-refractivity contribution in [3.05, 3.63) is 46.7 Å². The summed E-state index contributed by atoms with van der Waals surface area (Å²) in [6.07, 6.45) is 1.53. The Hall–Kier alpha value is -1.98. The molecule has 0 atom stereocenters. The molecule has 0 saturated carbocycles. The predicted octanol–water partition coefficient (Wildman–Crippen LogP) is 1.84. The number of sulfone groups is 1. The van der Waals surface area contributed by atoms with Gasteiger partial charge in [-0.3, -0.25) is 9.69 Å². The summed E-state index contributed by atoms with van der Waals surface area (Å²) in [6, 6.07) is 6.85. The summed E-state index contributed by atoms with van der Waals surface area (Å²) in [7, 11) is -2.22. The molecule has 9 nitrogen and oxygen atoms in total. The molecule has 0 bridgehead atoms. The molecule has 11 heteroatoms. The molecule has 182 valence electrons. The zero-order valence-electron chi connectivity index (χ0n) is 19.1. The fourth-order valence-corrected chi connectivity index (χ4v) is 5.53. The van der Waals surface area contributed by atoms with Crippen LogP contribution in [0.3, 0.4) is 0 Å². The molecule has 1 fully saturated rings. The van der Waals surface area contributed by atoms with Crippen molar-refractivity contribution in [1.82, 2.24) is 19.4 Å². The van der Waals surface area contributed by atoms with E-state index >= 15 is 0 Å². The van der Waals surface area contributed by atoms with Gasteiger partial charge in [0, 0.05) is 51.8 Å². The number of aromatic nitrogens is 2. The molecule has 1 aromatic heterocycles. The number of ether oxygens (including phenoxy) is 2. The Labute approximate surface area is 200 Å². The maximum atomic E-state index is 13.2. The van der Waals surface area contributed by atoms with Crippen molar-refractivity contribution in [1.29, 1.82) is 0 Å². The molecular formula is C22H31ClN4O5S. The molecule has 1 amide bonds. The van der Waals surface area contributed by atoms with Crippen LogP contribution in [0.1, 0.15) is 18.2 Å². The molecule has 1 saturated heterocycles. The number of amides is 1. The van der Waals surface area contributed by atoms with Crippen LogP contribution in [0.5, 0.6) is 0 Å². The van der Waals surface area contributed by atoms with E-state index in [0.717, 1.165) is 19.6 Å². The van der Waals surface area contributed by atoms with Crippen LogP contribution < -0.4 is 0 Å². The molecule has 2 aromatic rings. The molecule has 1 aliphatic heterocycles. The molecular weight excluding hydrogens is 468 g/mol. The molecule has 0 unspecified atom stereocenters. The summed E-state index contributed by atoms with van der Waals surface area (Å²) in [4.78, 5) is 20.5. The number of rotatable bonds is 11. The maximum Gasteiger partial charge on any atom is 0.228 e. The Kier molecular flexibility index (Phi) is 9.27. The Balaban J connectivity index is 1.81. The number of halogens is 1. The molecule has 1 aromatic carbocycles. The van der Waals surface area contributed by atoms with Gasteiger partial charge in [0.2, 0.25) is 20.9 Å². The van der Waals surface area contributed by atoms with Gasteiger partial charge in [-0.1, -0.05) is 29.8 Å². The van der Waals surface area contributed by atoms with Crippen molar-refractivity contribution in [2.24, 2.45) is 0 Å². The second-order valence-electron chi connectivity index (χ2n) is 7.92. The lowest BCUT2D eigenvalue weighted by atomic mass is 10.2. The summed E-state index contributed by atoms with van der Waals surface area (Å²) in [6.45, 7) is 6.71. The van der Waals surface area contributed by atoms with Gasteiger partial charge in [-0.05, 0) is 11.6 Å². The molecule has 0 N–H and O–H groups in total. The van der Waals surface area contributed by atoms with E-state index in [2.05, 4.69) is 9.88 Å². The van der Waals surface area contributed by atoms with Gasteiger partial charge in [-0.2, -0.15) is 0 Å². The van der Waals surface area contributed by atoms with Crippen molar-refractivity contribution in [3.8, 4) is 0 Å². The average Bonchev–Trinajstić information content (AvgIpc) is 3.20. The number of nitrogens with zero attached hydrogens (tertiary/aromatic N) is 4. The van der Waals surface area contributed by atoms with E-state index in [4.69, 9.17) is 21.1 Å². The lowest BCUT2D eigenvalue weighted by Crippen LogP contribution is -2.42. The summed E-state index contributed by atoms with van der Waals surface area (Å²) < 4.78 is 38.6. The van der Waals surface area contributed by atoms with Crippen LogP contribution in [0, 0.1) is 0 Å². The SMILES string of the molecule is COCCn1c(CN(CCN2CCOCC2)C(C)=O)cnc1S(=O)(=O)Cc1ccccc1Cl. The number of hydrogen-bond donors (Lipinski definition) is 0. The van der Waals surface area contributed by atoms with Gasteiger partial charge in [-0.25, -0.2) is 13.4 Å². The highest BCUT2D eigenvalue weighted by atomic mass is 35.5. The molecule has 0 aliphatic carbocycles. The summed E-state index contributed by atoms with van der Waals surface area (Å²) in [5, 5.41) is 0.341. The van der Waals surface area contributed by atoms with Crippen molar-refractivity contribution in [2.45, 2.75) is 30.9 Å². The number of carbonyl (C=O) groups excluding carboxylic acids is 1. The zero-order chi connectivity index (χ0) is 23.8. The van der Waals surface area contributed by atoms with E-state index in [-0.39, 0.29) is 23.4 Å². The topological polar surface area (TPSA) is 94.0 Å². The Morgan fingerprint density at radius 1 is 1.24 bits per heavy atom. The lowest BCUT2D eigenvalue weighted by Gasteiger charge is -2.29. The minimum Gasteiger partial charge on any atom is -0.383 e. The van der Waals surface area contributed by atoms with Gasteiger partial charge in [-0.15, -0.1) is 0 Å². The monoisotopic (exact) mass is 498 g/mol. The third-order valence-corrected chi connectivity index (χ3v) is 7.53. The van der Waals surface area contributed by atoms with Gasteiger partial charge in [0.1, 0.15) is 0 Å². The van der Waals surface area contributed by atoms with Crippen LogP contribution in [-0.4, -0.2) is 86.8 Å². The first-order chi connectivity index (χ1) is 15.8. The fourth-order valence-electron chi connectivity index (χ4n) is 3.70. The molecule has 33 heavy (non-hydrogen) atoms. The van der Waals surface area contributed by atoms with Crippen molar-refractivity contribution >= 4 is 27.3 Å². The second-order valence-corrected chi connectivity index (χ2v) is 10.2. The summed E-state index contributed by atoms with van der Waals surface area (Å²) in [5.41, 5.74) is 1.15. The van der Waals surface area contributed by atoms with Gasteiger partial charge in [0.05, 0.1) is 44.0 Å². The second kappa shape index (κ2) is 11.9. The highest BCUT2D eigenvalue weighted by Crippen LogP contribution is 2.23. The Morgan fingerprint density at radius 3 is 2.64 bits per heavy atom. The number of hydrogen-bond acceptors (Lipinski definition) is 7. The minimum absolute atomic E-state index is 0.0499. The molecule has 1 aliphatic rings. The number of imidazole rings is 1. The van der Waals surface area contributed by atoms with E-state index in [1.54, 1.807) is 40.8 Å². The predicted molar refractivity (Wildman–Crippen MR) is 125 cm³/mol. The first kappa shape index (κ1) is 25.6. The van der Waals surface area contributed by atoms with Crippen molar-refractivity contribution < 1.29 is 22.7 Å². The zero-order valence-corrected chi connectivity index (χ0v) is 20.6. The van der Waals surface area contributed by atoms with Crippen LogP contribution >= 0.6 is 11.6 Å². The average molecular weight is 499 g/mol. The third kappa shape index (κ3) is 7.00. The maximum absolute atomic E-state index is 13.2. The quantitative estimate of drug-likeness (QED) is 0.466. The van der Waals surface area contributed by atoms with Gasteiger partial charge in [0.25, 0.3) is 0 Å². The number of methoxy groups -OCH3 is 1. The Morgan fingerprint density at radius 2 is 1.97 bits per heavy atom. The normalized spacial score (nSPS) is 15.0. The minimum atomic E-state index is -3.78. The van der Waals surface area contributed by atoms with Crippen molar-refractivity contribution in [3.63, 3.8) is 0 Å². The van der Waals surface area contributed by atoms with Gasteiger partial charge >= 0.3 is 0 Å². The van der Waals surface area contributed by atoms with Gasteiger partial charge in [0.15, 0.2) is 0 Å². The van der Waals surface area contributed by atoms with E-state index in [0.29, 0.717) is 49.2 Å². The third-order valence-electron chi connectivity index (χ3n) is 5.59. The molecule has 2 heterocycles. The number of carbonyl (C=O) groups is 1. The van der Waals surface area contributed by atoms with E-state index in [1.165, 1.54) is 13.1 Å². The molecule has 0 radical (unpaired) electrons. The number of benzene rings is 1. The van der Waals surface area contributed by atoms with E-state index in [1.807, 2.05) is 0 Å². The smallest absolute Gasteiger partial charge is 0.228 e. The fraction of sp³-hybridized carbons (Fsp3) is 0.545. The van der Waals surface area contributed by atoms with Crippen LogP contribution in [0.25, 0.3) is 0 Å². The molecule has 0 spiro atoms. The van der Waals surface area contributed by atoms with Crippen LogP contribution in [0.2, 0.25) is 5.02 Å². The first-order valence-corrected chi connectivity index (χ1v) is 12.9. The van der Waals surface area contributed by atoms with Crippen molar-refractivity contribution in [2.75, 3.05) is 53.1 Å². The van der Waals surface area contributed by atoms with E-state index in [9.17, 15) is 13.2 Å². The summed E-state index contributed by atoms with van der Waals surface area (Å²) in [5.74, 6) is -0.341. The first-order valence-electron chi connectivity index (χ1n) is 10.9. The largest absolute Gasteiger partial charge is 0.383 e. The van der Waals surface area contributed by atoms with Crippen LogP contribution in [0.4, 0.5) is 0 Å². The van der Waals surface area contributed by atoms with Crippen LogP contribution in [-0.2, 0) is 42.9 Å². The Bertz CT molecular complexity index is 1040. The summed E-state index contributed by atoms with van der Waals surface area (Å²) >= 11 is 6.18.